The highest BCUT2D eigenvalue weighted by molar-refractivity contribution is 9.10. The molecule has 0 heterocycles. The van der Waals surface area contributed by atoms with Crippen LogP contribution >= 0.6 is 15.9 Å². The van der Waals surface area contributed by atoms with Crippen molar-refractivity contribution in [2.45, 2.75) is 19.9 Å². The van der Waals surface area contributed by atoms with Crippen molar-refractivity contribution < 1.29 is 17.2 Å². The standard InChI is InChI=1S/C11H14BrF2NO2S/c1-3-18(16,17)6-7(2)15-11-5-9(13)8(12)4-10(11)14/h4-5,7,15H,3,6H2,1-2H3. The van der Waals surface area contributed by atoms with Gasteiger partial charge in [0.05, 0.1) is 15.9 Å². The van der Waals surface area contributed by atoms with Gasteiger partial charge in [-0.2, -0.15) is 0 Å². The van der Waals surface area contributed by atoms with E-state index >= 15 is 0 Å². The minimum absolute atomic E-state index is 0.0240. The molecular weight excluding hydrogens is 328 g/mol. The Hall–Kier alpha value is -0.690. The summed E-state index contributed by atoms with van der Waals surface area (Å²) in [5, 5.41) is 2.65. The van der Waals surface area contributed by atoms with Gasteiger partial charge in [0, 0.05) is 17.9 Å². The number of anilines is 1. The fourth-order valence-electron chi connectivity index (χ4n) is 1.44. The molecule has 1 rings (SSSR count). The SMILES string of the molecule is CCS(=O)(=O)CC(C)Nc1cc(F)c(Br)cc1F. The van der Waals surface area contributed by atoms with Crippen LogP contribution in [0.25, 0.3) is 0 Å². The highest BCUT2D eigenvalue weighted by Gasteiger charge is 2.16. The summed E-state index contributed by atoms with van der Waals surface area (Å²) in [7, 11) is -3.16. The molecule has 1 aromatic rings. The second-order valence-electron chi connectivity index (χ2n) is 3.99. The molecule has 1 unspecified atom stereocenters. The molecule has 0 aliphatic rings. The minimum Gasteiger partial charge on any atom is -0.379 e. The van der Waals surface area contributed by atoms with Crippen molar-refractivity contribution in [1.29, 1.82) is 0 Å². The molecule has 7 heteroatoms. The van der Waals surface area contributed by atoms with Gasteiger partial charge in [-0.1, -0.05) is 6.92 Å². The minimum atomic E-state index is -3.16. The summed E-state index contributed by atoms with van der Waals surface area (Å²) >= 11 is 2.87. The third kappa shape index (κ3) is 4.20. The van der Waals surface area contributed by atoms with Crippen molar-refractivity contribution in [2.75, 3.05) is 16.8 Å². The number of sulfone groups is 1. The Bertz CT molecular complexity index is 534. The van der Waals surface area contributed by atoms with Gasteiger partial charge in [0.25, 0.3) is 0 Å². The van der Waals surface area contributed by atoms with Crippen molar-refractivity contribution in [3.8, 4) is 0 Å². The van der Waals surface area contributed by atoms with Crippen molar-refractivity contribution in [2.24, 2.45) is 0 Å². The van der Waals surface area contributed by atoms with Crippen LogP contribution in [0.4, 0.5) is 14.5 Å². The molecule has 18 heavy (non-hydrogen) atoms. The molecular formula is C11H14BrF2NO2S. The third-order valence-electron chi connectivity index (χ3n) is 2.36. The van der Waals surface area contributed by atoms with E-state index in [1.165, 1.54) is 0 Å². The monoisotopic (exact) mass is 341 g/mol. The first-order valence-electron chi connectivity index (χ1n) is 5.36. The van der Waals surface area contributed by atoms with Gasteiger partial charge in [-0.05, 0) is 28.9 Å². The van der Waals surface area contributed by atoms with E-state index in [2.05, 4.69) is 21.2 Å². The molecule has 1 aromatic carbocycles. The normalized spacial score (nSPS) is 13.4. The molecule has 0 fully saturated rings. The lowest BCUT2D eigenvalue weighted by Crippen LogP contribution is -2.27. The van der Waals surface area contributed by atoms with Crippen LogP contribution in [-0.4, -0.2) is 26.0 Å². The second kappa shape index (κ2) is 5.97. The molecule has 0 amide bonds. The van der Waals surface area contributed by atoms with E-state index in [0.29, 0.717) is 0 Å². The van der Waals surface area contributed by atoms with Gasteiger partial charge in [-0.3, -0.25) is 0 Å². The van der Waals surface area contributed by atoms with Crippen LogP contribution in [0, 0.1) is 11.6 Å². The topological polar surface area (TPSA) is 46.2 Å². The van der Waals surface area contributed by atoms with Crippen LogP contribution in [0.1, 0.15) is 13.8 Å². The second-order valence-corrected chi connectivity index (χ2v) is 7.24. The summed E-state index contributed by atoms with van der Waals surface area (Å²) < 4.78 is 49.5. The van der Waals surface area contributed by atoms with Crippen molar-refractivity contribution in [3.05, 3.63) is 28.2 Å². The average Bonchev–Trinajstić information content (AvgIpc) is 2.25. The smallest absolute Gasteiger partial charge is 0.152 e. The van der Waals surface area contributed by atoms with Crippen molar-refractivity contribution in [3.63, 3.8) is 0 Å². The third-order valence-corrected chi connectivity index (χ3v) is 4.85. The largest absolute Gasteiger partial charge is 0.379 e. The molecule has 1 atom stereocenters. The Labute approximate surface area is 114 Å². The first-order chi connectivity index (χ1) is 8.25. The lowest BCUT2D eigenvalue weighted by atomic mass is 10.2. The van der Waals surface area contributed by atoms with Gasteiger partial charge in [0.15, 0.2) is 9.84 Å². The molecule has 0 aliphatic carbocycles. The lowest BCUT2D eigenvalue weighted by molar-refractivity contribution is 0.588. The molecule has 0 saturated carbocycles. The molecule has 0 spiro atoms. The number of hydrogen-bond acceptors (Lipinski definition) is 3. The van der Waals surface area contributed by atoms with Gasteiger partial charge in [0.1, 0.15) is 11.6 Å². The number of rotatable bonds is 5. The van der Waals surface area contributed by atoms with Gasteiger partial charge >= 0.3 is 0 Å². The fourth-order valence-corrected chi connectivity index (χ4v) is 2.84. The van der Waals surface area contributed by atoms with E-state index in [9.17, 15) is 17.2 Å². The Morgan fingerprint density at radius 2 is 1.94 bits per heavy atom. The summed E-state index contributed by atoms with van der Waals surface area (Å²) in [6.07, 6.45) is 0. The zero-order chi connectivity index (χ0) is 13.9. The van der Waals surface area contributed by atoms with E-state index in [4.69, 9.17) is 0 Å². The van der Waals surface area contributed by atoms with Crippen LogP contribution in [0.5, 0.6) is 0 Å². The Kier molecular flexibility index (Phi) is 5.10. The maximum absolute atomic E-state index is 13.5. The van der Waals surface area contributed by atoms with E-state index in [1.54, 1.807) is 13.8 Å². The fraction of sp³-hybridized carbons (Fsp3) is 0.455. The summed E-state index contributed by atoms with van der Waals surface area (Å²) in [6, 6.07) is 1.50. The first kappa shape index (κ1) is 15.4. The Morgan fingerprint density at radius 1 is 1.33 bits per heavy atom. The summed E-state index contributed by atoms with van der Waals surface area (Å²) in [6.45, 7) is 3.15. The predicted molar refractivity (Wildman–Crippen MR) is 71.5 cm³/mol. The van der Waals surface area contributed by atoms with E-state index in [1.807, 2.05) is 0 Å². The number of nitrogens with one attached hydrogen (secondary N) is 1. The maximum atomic E-state index is 13.5. The van der Waals surface area contributed by atoms with E-state index < -0.39 is 27.5 Å². The Balaban J connectivity index is 2.82. The summed E-state index contributed by atoms with van der Waals surface area (Å²) in [4.78, 5) is 0. The Morgan fingerprint density at radius 3 is 2.50 bits per heavy atom. The van der Waals surface area contributed by atoms with E-state index in [0.717, 1.165) is 12.1 Å². The molecule has 1 N–H and O–H groups in total. The van der Waals surface area contributed by atoms with Crippen LogP contribution < -0.4 is 5.32 Å². The van der Waals surface area contributed by atoms with Crippen LogP contribution in [-0.2, 0) is 9.84 Å². The first-order valence-corrected chi connectivity index (χ1v) is 7.98. The molecule has 0 aromatic heterocycles. The molecule has 3 nitrogen and oxygen atoms in total. The van der Waals surface area contributed by atoms with E-state index in [-0.39, 0.29) is 21.7 Å². The number of hydrogen-bond donors (Lipinski definition) is 1. The summed E-state index contributed by atoms with van der Waals surface area (Å²) in [5.74, 6) is -1.34. The molecule has 0 saturated heterocycles. The van der Waals surface area contributed by atoms with Gasteiger partial charge in [0.2, 0.25) is 0 Å². The quantitative estimate of drug-likeness (QED) is 0.837. The van der Waals surface area contributed by atoms with Gasteiger partial charge < -0.3 is 5.32 Å². The lowest BCUT2D eigenvalue weighted by Gasteiger charge is -2.15. The number of halogens is 3. The van der Waals surface area contributed by atoms with Crippen molar-refractivity contribution in [1.82, 2.24) is 0 Å². The molecule has 102 valence electrons. The van der Waals surface area contributed by atoms with Gasteiger partial charge in [-0.25, -0.2) is 17.2 Å². The molecule has 0 radical (unpaired) electrons. The predicted octanol–water partition coefficient (Wildman–Crippen LogP) is 2.96. The molecule has 0 aliphatic heterocycles. The highest BCUT2D eigenvalue weighted by atomic mass is 79.9. The number of benzene rings is 1. The zero-order valence-corrected chi connectivity index (χ0v) is 12.4. The molecule has 0 bridgehead atoms. The van der Waals surface area contributed by atoms with Crippen molar-refractivity contribution >= 4 is 31.5 Å². The maximum Gasteiger partial charge on any atom is 0.152 e. The van der Waals surface area contributed by atoms with Crippen LogP contribution in [0.3, 0.4) is 0 Å². The van der Waals surface area contributed by atoms with Crippen LogP contribution in [0.2, 0.25) is 0 Å². The summed E-state index contributed by atoms with van der Waals surface area (Å²) in [5.41, 5.74) is -0.0468. The zero-order valence-electron chi connectivity index (χ0n) is 10.0. The average molecular weight is 342 g/mol. The van der Waals surface area contributed by atoms with Gasteiger partial charge in [-0.15, -0.1) is 0 Å². The highest BCUT2D eigenvalue weighted by Crippen LogP contribution is 2.23. The van der Waals surface area contributed by atoms with Crippen LogP contribution in [0.15, 0.2) is 16.6 Å².